The molecule has 2 aromatic carbocycles. The van der Waals surface area contributed by atoms with E-state index in [1.165, 1.54) is 12.1 Å². The molecule has 0 aliphatic carbocycles. The minimum Gasteiger partial charge on any atom is -0.478 e. The number of benzene rings is 2. The van der Waals surface area contributed by atoms with Crippen molar-refractivity contribution in [3.8, 4) is 0 Å². The van der Waals surface area contributed by atoms with Gasteiger partial charge < -0.3 is 5.11 Å². The summed E-state index contributed by atoms with van der Waals surface area (Å²) in [6.45, 7) is 1.86. The molecule has 0 bridgehead atoms. The summed E-state index contributed by atoms with van der Waals surface area (Å²) in [6, 6.07) is 12.4. The average molecular weight is 368 g/mol. The lowest BCUT2D eigenvalue weighted by molar-refractivity contribution is 0.0697. The van der Waals surface area contributed by atoms with Crippen LogP contribution in [0.4, 0.5) is 5.69 Å². The van der Waals surface area contributed by atoms with Crippen molar-refractivity contribution in [2.24, 2.45) is 5.10 Å². The van der Waals surface area contributed by atoms with Gasteiger partial charge in [0, 0.05) is 4.47 Å². The molecule has 0 heterocycles. The zero-order valence-electron chi connectivity index (χ0n) is 11.1. The third-order valence-electron chi connectivity index (χ3n) is 2.79. The molecule has 0 atom stereocenters. The van der Waals surface area contributed by atoms with E-state index in [1.54, 1.807) is 6.07 Å². The topological polar surface area (TPSA) is 61.7 Å². The largest absolute Gasteiger partial charge is 0.478 e. The number of carboxylic acid groups (broad SMARTS) is 1. The maximum atomic E-state index is 11.0. The van der Waals surface area contributed by atoms with E-state index >= 15 is 0 Å². The Hall–Kier alpha value is -1.85. The van der Waals surface area contributed by atoms with Crippen LogP contribution in [0.25, 0.3) is 0 Å². The highest BCUT2D eigenvalue weighted by Gasteiger charge is 2.09. The highest BCUT2D eigenvalue weighted by Crippen LogP contribution is 2.21. The molecule has 0 aliphatic heterocycles. The van der Waals surface area contributed by atoms with Gasteiger partial charge in [-0.05, 0) is 42.8 Å². The second kappa shape index (κ2) is 6.74. The SMILES string of the molecule is CC(=NNc1ccc(Cl)c(C(=O)O)c1)c1cccc(Br)c1. The summed E-state index contributed by atoms with van der Waals surface area (Å²) in [5.41, 5.74) is 5.18. The highest BCUT2D eigenvalue weighted by molar-refractivity contribution is 9.10. The van der Waals surface area contributed by atoms with E-state index in [-0.39, 0.29) is 10.6 Å². The van der Waals surface area contributed by atoms with Crippen molar-refractivity contribution in [1.82, 2.24) is 0 Å². The van der Waals surface area contributed by atoms with Gasteiger partial charge in [0.2, 0.25) is 0 Å². The molecule has 0 saturated heterocycles. The zero-order valence-corrected chi connectivity index (χ0v) is 13.4. The van der Waals surface area contributed by atoms with E-state index in [0.29, 0.717) is 5.69 Å². The number of hydrogen-bond donors (Lipinski definition) is 2. The Balaban J connectivity index is 2.21. The van der Waals surface area contributed by atoms with Crippen molar-refractivity contribution >= 4 is 44.9 Å². The summed E-state index contributed by atoms with van der Waals surface area (Å²) >= 11 is 9.22. The number of hydrogen-bond acceptors (Lipinski definition) is 3. The van der Waals surface area contributed by atoms with Gasteiger partial charge in [-0.1, -0.05) is 39.7 Å². The molecule has 2 N–H and O–H groups in total. The van der Waals surface area contributed by atoms with Gasteiger partial charge in [0.15, 0.2) is 0 Å². The van der Waals surface area contributed by atoms with Crippen LogP contribution in [0, 0.1) is 0 Å². The van der Waals surface area contributed by atoms with Gasteiger partial charge in [0.25, 0.3) is 0 Å². The molecular formula is C15H12BrClN2O2. The second-order valence-electron chi connectivity index (χ2n) is 4.32. The van der Waals surface area contributed by atoms with Crippen molar-refractivity contribution in [3.05, 3.63) is 63.1 Å². The van der Waals surface area contributed by atoms with Crippen LogP contribution in [0.15, 0.2) is 52.0 Å². The summed E-state index contributed by atoms with van der Waals surface area (Å²) in [5.74, 6) is -1.07. The molecule has 0 aromatic heterocycles. The smallest absolute Gasteiger partial charge is 0.337 e. The Morgan fingerprint density at radius 3 is 2.71 bits per heavy atom. The first-order valence-corrected chi connectivity index (χ1v) is 7.23. The predicted octanol–water partition coefficient (Wildman–Crippen LogP) is 4.64. The van der Waals surface area contributed by atoms with E-state index in [2.05, 4.69) is 26.5 Å². The fourth-order valence-electron chi connectivity index (χ4n) is 1.69. The summed E-state index contributed by atoms with van der Waals surface area (Å²) in [4.78, 5) is 11.0. The van der Waals surface area contributed by atoms with Crippen LogP contribution in [0.3, 0.4) is 0 Å². The van der Waals surface area contributed by atoms with Gasteiger partial charge >= 0.3 is 5.97 Å². The van der Waals surface area contributed by atoms with Crippen molar-refractivity contribution < 1.29 is 9.90 Å². The fraction of sp³-hybridized carbons (Fsp3) is 0.0667. The molecule has 2 aromatic rings. The van der Waals surface area contributed by atoms with Gasteiger partial charge in [-0.2, -0.15) is 5.10 Å². The van der Waals surface area contributed by atoms with Gasteiger partial charge in [-0.3, -0.25) is 5.43 Å². The molecular weight excluding hydrogens is 356 g/mol. The number of halogens is 2. The Morgan fingerprint density at radius 2 is 2.05 bits per heavy atom. The minimum atomic E-state index is -1.07. The van der Waals surface area contributed by atoms with Crippen molar-refractivity contribution in [2.75, 3.05) is 5.43 Å². The number of carbonyl (C=O) groups is 1. The van der Waals surface area contributed by atoms with Crippen LogP contribution in [0.2, 0.25) is 5.02 Å². The van der Waals surface area contributed by atoms with E-state index in [9.17, 15) is 4.79 Å². The summed E-state index contributed by atoms with van der Waals surface area (Å²) in [7, 11) is 0. The molecule has 0 saturated carbocycles. The van der Waals surface area contributed by atoms with Gasteiger partial charge in [-0.15, -0.1) is 0 Å². The third-order valence-corrected chi connectivity index (χ3v) is 3.61. The van der Waals surface area contributed by atoms with Gasteiger partial charge in [0.1, 0.15) is 0 Å². The molecule has 0 radical (unpaired) electrons. The molecule has 0 amide bonds. The first-order valence-electron chi connectivity index (χ1n) is 6.06. The Bertz CT molecular complexity index is 717. The number of anilines is 1. The standard InChI is InChI=1S/C15H12BrClN2O2/c1-9(10-3-2-4-11(16)7-10)18-19-12-5-6-14(17)13(8-12)15(20)21/h2-8,19H,1H3,(H,20,21). The molecule has 2 rings (SSSR count). The lowest BCUT2D eigenvalue weighted by atomic mass is 10.1. The first kappa shape index (κ1) is 15.5. The first-order chi connectivity index (χ1) is 9.97. The van der Waals surface area contributed by atoms with Crippen molar-refractivity contribution in [1.29, 1.82) is 0 Å². The van der Waals surface area contributed by atoms with Crippen LogP contribution in [0.5, 0.6) is 0 Å². The zero-order chi connectivity index (χ0) is 15.4. The minimum absolute atomic E-state index is 0.0389. The number of hydrazone groups is 1. The Morgan fingerprint density at radius 1 is 1.29 bits per heavy atom. The van der Waals surface area contributed by atoms with Crippen LogP contribution >= 0.6 is 27.5 Å². The van der Waals surface area contributed by atoms with Crippen molar-refractivity contribution in [3.63, 3.8) is 0 Å². The molecule has 0 aliphatic rings. The highest BCUT2D eigenvalue weighted by atomic mass is 79.9. The van der Waals surface area contributed by atoms with Crippen LogP contribution < -0.4 is 5.43 Å². The van der Waals surface area contributed by atoms with E-state index < -0.39 is 5.97 Å². The monoisotopic (exact) mass is 366 g/mol. The second-order valence-corrected chi connectivity index (χ2v) is 5.64. The molecule has 0 spiro atoms. The number of rotatable bonds is 4. The van der Waals surface area contributed by atoms with E-state index in [4.69, 9.17) is 16.7 Å². The molecule has 21 heavy (non-hydrogen) atoms. The van der Waals surface area contributed by atoms with Crippen molar-refractivity contribution in [2.45, 2.75) is 6.92 Å². The average Bonchev–Trinajstić information content (AvgIpc) is 2.45. The Kier molecular flexibility index (Phi) is 4.98. The Labute approximate surface area is 135 Å². The lowest BCUT2D eigenvalue weighted by Crippen LogP contribution is -2.02. The molecule has 108 valence electrons. The molecule has 4 nitrogen and oxygen atoms in total. The number of nitrogens with one attached hydrogen (secondary N) is 1. The van der Waals surface area contributed by atoms with E-state index in [0.717, 1.165) is 15.7 Å². The molecule has 0 fully saturated rings. The van der Waals surface area contributed by atoms with Crippen LogP contribution in [0.1, 0.15) is 22.8 Å². The summed E-state index contributed by atoms with van der Waals surface area (Å²) in [5, 5.41) is 13.5. The number of nitrogens with zero attached hydrogens (tertiary/aromatic N) is 1. The third kappa shape index (κ3) is 4.06. The fourth-order valence-corrected chi connectivity index (χ4v) is 2.28. The number of carboxylic acids is 1. The molecule has 6 heteroatoms. The van der Waals surface area contributed by atoms with E-state index in [1.807, 2.05) is 31.2 Å². The van der Waals surface area contributed by atoms with Crippen LogP contribution in [-0.2, 0) is 0 Å². The quantitative estimate of drug-likeness (QED) is 0.611. The molecule has 0 unspecified atom stereocenters. The summed E-state index contributed by atoms with van der Waals surface area (Å²) in [6.07, 6.45) is 0. The normalized spacial score (nSPS) is 11.3. The number of aromatic carboxylic acids is 1. The maximum Gasteiger partial charge on any atom is 0.337 e. The van der Waals surface area contributed by atoms with Gasteiger partial charge in [-0.25, -0.2) is 4.79 Å². The van der Waals surface area contributed by atoms with Gasteiger partial charge in [0.05, 0.1) is 22.0 Å². The maximum absolute atomic E-state index is 11.0. The predicted molar refractivity (Wildman–Crippen MR) is 88.4 cm³/mol. The van der Waals surface area contributed by atoms with Crippen LogP contribution in [-0.4, -0.2) is 16.8 Å². The lowest BCUT2D eigenvalue weighted by Gasteiger charge is -2.06. The summed E-state index contributed by atoms with van der Waals surface area (Å²) < 4.78 is 0.967.